The smallest absolute Gasteiger partial charge is 0.251 e. The zero-order valence-electron chi connectivity index (χ0n) is 17.9. The largest absolute Gasteiger partial charge is 0.497 e. The molecular formula is C23H30N2O4S. The van der Waals surface area contributed by atoms with E-state index in [1.807, 2.05) is 24.3 Å². The Hall–Kier alpha value is -2.51. The van der Waals surface area contributed by atoms with Gasteiger partial charge in [0.25, 0.3) is 5.91 Å². The normalized spacial score (nSPS) is 17.8. The molecule has 2 unspecified atom stereocenters. The topological polar surface area (TPSA) is 76.7 Å². The highest BCUT2D eigenvalue weighted by Crippen LogP contribution is 2.45. The molecule has 1 aliphatic rings. The van der Waals surface area contributed by atoms with Gasteiger partial charge in [-0.05, 0) is 78.5 Å². The summed E-state index contributed by atoms with van der Waals surface area (Å²) in [4.78, 5) is 27.0. The minimum absolute atomic E-state index is 0.268. The Morgan fingerprint density at radius 3 is 2.27 bits per heavy atom. The van der Waals surface area contributed by atoms with Crippen LogP contribution >= 0.6 is 10.0 Å². The Kier molecular flexibility index (Phi) is 7.05. The van der Waals surface area contributed by atoms with E-state index in [-0.39, 0.29) is 11.8 Å². The third-order valence-corrected chi connectivity index (χ3v) is 6.74. The van der Waals surface area contributed by atoms with E-state index in [4.69, 9.17) is 9.47 Å². The zero-order chi connectivity index (χ0) is 21.7. The molecule has 7 heteroatoms. The molecule has 6 nitrogen and oxygen atoms in total. The summed E-state index contributed by atoms with van der Waals surface area (Å²) in [6.45, 7) is 0.569. The van der Waals surface area contributed by atoms with E-state index >= 15 is 0 Å². The van der Waals surface area contributed by atoms with Crippen molar-refractivity contribution >= 4 is 27.5 Å². The lowest BCUT2D eigenvalue weighted by molar-refractivity contribution is -0.133. The van der Waals surface area contributed by atoms with Gasteiger partial charge >= 0.3 is 0 Å². The van der Waals surface area contributed by atoms with Gasteiger partial charge in [-0.25, -0.2) is 10.0 Å². The van der Waals surface area contributed by atoms with Crippen LogP contribution < -0.4 is 15.4 Å². The number of methoxy groups -OCH3 is 1. The first-order valence-electron chi connectivity index (χ1n) is 9.93. The van der Waals surface area contributed by atoms with Gasteiger partial charge in [0.2, 0.25) is 5.91 Å². The van der Waals surface area contributed by atoms with Crippen LogP contribution in [0.5, 0.6) is 5.75 Å². The van der Waals surface area contributed by atoms with Crippen molar-refractivity contribution in [2.45, 2.75) is 29.9 Å². The van der Waals surface area contributed by atoms with E-state index in [0.29, 0.717) is 30.0 Å². The maximum Gasteiger partial charge on any atom is 0.251 e. The molecule has 0 bridgehead atoms. The number of carbonyl (C=O) groups excluding carboxylic acids is 2. The van der Waals surface area contributed by atoms with Crippen LogP contribution in [0.25, 0.3) is 0 Å². The first kappa shape index (κ1) is 22.2. The lowest BCUT2D eigenvalue weighted by atomic mass is 10.0. The second-order valence-electron chi connectivity index (χ2n) is 8.07. The van der Waals surface area contributed by atoms with Crippen LogP contribution in [-0.2, 0) is 14.3 Å². The third-order valence-electron chi connectivity index (χ3n) is 5.05. The van der Waals surface area contributed by atoms with Gasteiger partial charge in [-0.3, -0.25) is 9.59 Å². The maximum absolute atomic E-state index is 13.1. The van der Waals surface area contributed by atoms with Gasteiger partial charge in [0.15, 0.2) is 0 Å². The third kappa shape index (κ3) is 5.55. The van der Waals surface area contributed by atoms with Crippen molar-refractivity contribution in [3.05, 3.63) is 54.1 Å². The second-order valence-corrected chi connectivity index (χ2v) is 12.2. The molecule has 1 heterocycles. The molecule has 1 saturated heterocycles. The molecule has 30 heavy (non-hydrogen) atoms. The summed E-state index contributed by atoms with van der Waals surface area (Å²) in [5.41, 5.74) is 1.37. The Bertz CT molecular complexity index is 870. The maximum atomic E-state index is 13.1. The van der Waals surface area contributed by atoms with Crippen molar-refractivity contribution in [2.75, 3.05) is 37.8 Å². The van der Waals surface area contributed by atoms with Gasteiger partial charge in [-0.1, -0.05) is 12.1 Å². The first-order valence-corrected chi connectivity index (χ1v) is 12.8. The highest BCUT2D eigenvalue weighted by Gasteiger charge is 2.29. The van der Waals surface area contributed by atoms with Crippen molar-refractivity contribution in [2.24, 2.45) is 0 Å². The summed E-state index contributed by atoms with van der Waals surface area (Å²) in [7, 11) is 0.750. The molecule has 0 radical (unpaired) electrons. The van der Waals surface area contributed by atoms with E-state index < -0.39 is 22.2 Å². The van der Waals surface area contributed by atoms with Crippen LogP contribution in [0.4, 0.5) is 5.69 Å². The molecule has 0 saturated carbocycles. The molecule has 2 aromatic rings. The number of nitrogens with one attached hydrogen (secondary N) is 2. The minimum Gasteiger partial charge on any atom is -0.497 e. The number of ether oxygens (including phenoxy) is 2. The molecule has 2 atom stereocenters. The Labute approximate surface area is 179 Å². The minimum atomic E-state index is -0.835. The van der Waals surface area contributed by atoms with E-state index in [0.717, 1.165) is 6.42 Å². The van der Waals surface area contributed by atoms with Gasteiger partial charge < -0.3 is 20.1 Å². The predicted molar refractivity (Wildman–Crippen MR) is 122 cm³/mol. The molecule has 162 valence electrons. The van der Waals surface area contributed by atoms with Crippen molar-refractivity contribution < 1.29 is 19.1 Å². The number of anilines is 1. The summed E-state index contributed by atoms with van der Waals surface area (Å²) in [6.07, 6.45) is 7.68. The average molecular weight is 431 g/mol. The van der Waals surface area contributed by atoms with E-state index in [9.17, 15) is 9.59 Å². The number of hydrogen-bond acceptors (Lipinski definition) is 4. The summed E-state index contributed by atoms with van der Waals surface area (Å²) in [6, 6.07) is 14.2. The fourth-order valence-electron chi connectivity index (χ4n) is 3.28. The quantitative estimate of drug-likeness (QED) is 0.702. The first-order chi connectivity index (χ1) is 14.3. The summed E-state index contributed by atoms with van der Waals surface area (Å²) in [5.74, 6) is 0.112. The average Bonchev–Trinajstić information content (AvgIpc) is 3.27. The standard InChI is InChI=1S/C23H30N2O4S/c1-28-18-11-7-16(8-12-18)21(25-22(26)20-6-5-15-29-20)23(27)24-17-9-13-19(14-10-17)30(2,3)4/h7-14,20-21H,5-6,15H2,1-4H3,(H,24,27)(H,25,26). The zero-order valence-corrected chi connectivity index (χ0v) is 18.8. The van der Waals surface area contributed by atoms with Crippen molar-refractivity contribution in [3.63, 3.8) is 0 Å². The number of carbonyl (C=O) groups is 2. The molecule has 2 amide bonds. The Morgan fingerprint density at radius 2 is 1.73 bits per heavy atom. The van der Waals surface area contributed by atoms with E-state index in [1.165, 1.54) is 4.90 Å². The van der Waals surface area contributed by atoms with Crippen LogP contribution in [0.2, 0.25) is 0 Å². The van der Waals surface area contributed by atoms with Crippen LogP contribution in [0.3, 0.4) is 0 Å². The lowest BCUT2D eigenvalue weighted by Crippen LogP contribution is -2.41. The monoisotopic (exact) mass is 430 g/mol. The number of benzene rings is 2. The van der Waals surface area contributed by atoms with Crippen molar-refractivity contribution in [1.29, 1.82) is 0 Å². The van der Waals surface area contributed by atoms with Crippen molar-refractivity contribution in [1.82, 2.24) is 5.32 Å². The Morgan fingerprint density at radius 1 is 1.07 bits per heavy atom. The van der Waals surface area contributed by atoms with Gasteiger partial charge in [-0.15, -0.1) is 0 Å². The second kappa shape index (κ2) is 9.53. The molecule has 0 aromatic heterocycles. The molecule has 1 fully saturated rings. The Balaban J connectivity index is 1.78. The van der Waals surface area contributed by atoms with Gasteiger partial charge in [0.05, 0.1) is 7.11 Å². The molecular weight excluding hydrogens is 400 g/mol. The van der Waals surface area contributed by atoms with Crippen LogP contribution in [0.1, 0.15) is 24.4 Å². The van der Waals surface area contributed by atoms with Crippen LogP contribution in [-0.4, -0.2) is 50.4 Å². The highest BCUT2D eigenvalue weighted by molar-refractivity contribution is 8.32. The number of rotatable bonds is 7. The molecule has 2 aromatic carbocycles. The molecule has 3 rings (SSSR count). The SMILES string of the molecule is COc1ccc(C(NC(=O)C2CCCO2)C(=O)Nc2ccc(S(C)(C)C)cc2)cc1. The van der Waals surface area contributed by atoms with E-state index in [1.54, 1.807) is 31.4 Å². The molecule has 1 aliphatic heterocycles. The fourth-order valence-corrected chi connectivity index (χ4v) is 4.23. The molecule has 0 spiro atoms. The van der Waals surface area contributed by atoms with Gasteiger partial charge in [-0.2, -0.15) is 0 Å². The van der Waals surface area contributed by atoms with E-state index in [2.05, 4.69) is 29.4 Å². The van der Waals surface area contributed by atoms with Gasteiger partial charge in [0, 0.05) is 12.3 Å². The number of hydrogen-bond donors (Lipinski definition) is 2. The van der Waals surface area contributed by atoms with Crippen molar-refractivity contribution in [3.8, 4) is 5.75 Å². The summed E-state index contributed by atoms with van der Waals surface area (Å²) < 4.78 is 10.7. The number of amides is 2. The fraction of sp³-hybridized carbons (Fsp3) is 0.391. The predicted octanol–water partition coefficient (Wildman–Crippen LogP) is 3.72. The lowest BCUT2D eigenvalue weighted by Gasteiger charge is -2.26. The van der Waals surface area contributed by atoms with Crippen LogP contribution in [0, 0.1) is 0 Å². The van der Waals surface area contributed by atoms with Crippen LogP contribution in [0.15, 0.2) is 53.4 Å². The summed E-state index contributed by atoms with van der Waals surface area (Å²) in [5, 5.41) is 5.78. The molecule has 0 aliphatic carbocycles. The van der Waals surface area contributed by atoms with Gasteiger partial charge in [0.1, 0.15) is 17.9 Å². The molecule has 2 N–H and O–H groups in total. The highest BCUT2D eigenvalue weighted by atomic mass is 32.3. The summed E-state index contributed by atoms with van der Waals surface area (Å²) >= 11 is 0.